The van der Waals surface area contributed by atoms with Crippen molar-refractivity contribution in [1.29, 1.82) is 0 Å². The van der Waals surface area contributed by atoms with Crippen LogP contribution in [0.15, 0.2) is 48.5 Å². The van der Waals surface area contributed by atoms with Crippen molar-refractivity contribution in [3.8, 4) is 0 Å². The van der Waals surface area contributed by atoms with Gasteiger partial charge in [0, 0.05) is 23.6 Å². The zero-order chi connectivity index (χ0) is 18.5. The predicted molar refractivity (Wildman–Crippen MR) is 99.2 cm³/mol. The average Bonchev–Trinajstić information content (AvgIpc) is 3.17. The van der Waals surface area contributed by atoms with Gasteiger partial charge in [0.25, 0.3) is 0 Å². The predicted octanol–water partition coefficient (Wildman–Crippen LogP) is 3.92. The first-order valence-electron chi connectivity index (χ1n) is 8.72. The largest absolute Gasteiger partial charge is 0.449 e. The van der Waals surface area contributed by atoms with Crippen LogP contribution >= 0.6 is 11.6 Å². The second-order valence-electron chi connectivity index (χ2n) is 7.54. The smallest absolute Gasteiger partial charge is 0.339 e. The number of fused-ring (bicyclic) bond motifs is 2. The van der Waals surface area contributed by atoms with Crippen LogP contribution in [0.3, 0.4) is 0 Å². The zero-order valence-corrected chi connectivity index (χ0v) is 15.5. The molecular formula is C21H20ClNO3. The molecule has 0 saturated carbocycles. The number of hydrogen-bond donors (Lipinski definition) is 0. The number of hydrogen-bond acceptors (Lipinski definition) is 3. The normalized spacial score (nSPS) is 21.8. The highest BCUT2D eigenvalue weighted by atomic mass is 35.5. The fraction of sp³-hybridized carbons (Fsp3) is 0.333. The number of halogens is 1. The maximum absolute atomic E-state index is 13.2. The van der Waals surface area contributed by atoms with E-state index in [0.717, 1.165) is 11.1 Å². The fourth-order valence-electron chi connectivity index (χ4n) is 3.99. The molecule has 1 atom stereocenters. The Morgan fingerprint density at radius 2 is 1.85 bits per heavy atom. The molecule has 2 aromatic carbocycles. The van der Waals surface area contributed by atoms with Crippen molar-refractivity contribution in [3.63, 3.8) is 0 Å². The van der Waals surface area contributed by atoms with Gasteiger partial charge >= 0.3 is 5.97 Å². The number of rotatable bonds is 2. The molecule has 0 N–H and O–H groups in total. The molecule has 2 heterocycles. The van der Waals surface area contributed by atoms with Crippen molar-refractivity contribution in [2.45, 2.75) is 31.3 Å². The second-order valence-corrected chi connectivity index (χ2v) is 7.97. The SMILES string of the molecule is CC(C)(C(=O)N1CC[C@@]2(C1)OC(=O)c1ccccc12)c1ccc(Cl)cc1. The summed E-state index contributed by atoms with van der Waals surface area (Å²) >= 11 is 5.97. The van der Waals surface area contributed by atoms with Gasteiger partial charge in [0.05, 0.1) is 17.5 Å². The highest BCUT2D eigenvalue weighted by Gasteiger charge is 2.52. The minimum Gasteiger partial charge on any atom is -0.449 e. The van der Waals surface area contributed by atoms with Crippen LogP contribution in [0.1, 0.15) is 41.8 Å². The lowest BCUT2D eigenvalue weighted by atomic mass is 9.83. The molecule has 134 valence electrons. The lowest BCUT2D eigenvalue weighted by Gasteiger charge is -2.31. The molecule has 2 aliphatic rings. The van der Waals surface area contributed by atoms with E-state index in [9.17, 15) is 9.59 Å². The van der Waals surface area contributed by atoms with Crippen molar-refractivity contribution < 1.29 is 14.3 Å². The van der Waals surface area contributed by atoms with Crippen LogP contribution in [0.2, 0.25) is 5.02 Å². The van der Waals surface area contributed by atoms with Gasteiger partial charge in [-0.3, -0.25) is 4.79 Å². The van der Waals surface area contributed by atoms with Gasteiger partial charge < -0.3 is 9.64 Å². The maximum atomic E-state index is 13.2. The summed E-state index contributed by atoms with van der Waals surface area (Å²) in [7, 11) is 0. The number of carbonyl (C=O) groups excluding carboxylic acids is 2. The summed E-state index contributed by atoms with van der Waals surface area (Å²) in [4.78, 5) is 27.3. The Morgan fingerprint density at radius 1 is 1.15 bits per heavy atom. The minimum atomic E-state index is -0.709. The van der Waals surface area contributed by atoms with Crippen molar-refractivity contribution in [2.75, 3.05) is 13.1 Å². The third kappa shape index (κ3) is 2.52. The van der Waals surface area contributed by atoms with Crippen LogP contribution in [-0.4, -0.2) is 29.9 Å². The van der Waals surface area contributed by atoms with E-state index in [-0.39, 0.29) is 11.9 Å². The molecule has 2 aliphatic heterocycles. The molecular weight excluding hydrogens is 350 g/mol. The quantitative estimate of drug-likeness (QED) is 0.754. The Kier molecular flexibility index (Phi) is 3.85. The van der Waals surface area contributed by atoms with Gasteiger partial charge in [0.15, 0.2) is 5.60 Å². The summed E-state index contributed by atoms with van der Waals surface area (Å²) < 4.78 is 5.74. The summed E-state index contributed by atoms with van der Waals surface area (Å²) in [6.45, 7) is 4.79. The molecule has 0 unspecified atom stereocenters. The summed E-state index contributed by atoms with van der Waals surface area (Å²) in [6.07, 6.45) is 0.623. The molecule has 1 spiro atoms. The third-order valence-electron chi connectivity index (χ3n) is 5.55. The monoisotopic (exact) mass is 369 g/mol. The average molecular weight is 370 g/mol. The molecule has 4 nitrogen and oxygen atoms in total. The number of carbonyl (C=O) groups is 2. The van der Waals surface area contributed by atoms with E-state index in [0.29, 0.717) is 30.1 Å². The lowest BCUT2D eigenvalue weighted by molar-refractivity contribution is -0.136. The van der Waals surface area contributed by atoms with E-state index in [1.54, 1.807) is 18.2 Å². The lowest BCUT2D eigenvalue weighted by Crippen LogP contribution is -2.44. The standard InChI is InChI=1S/C21H20ClNO3/c1-20(2,14-7-9-15(22)10-8-14)19(25)23-12-11-21(13-23)17-6-4-3-5-16(17)18(24)26-21/h3-10H,11-13H2,1-2H3/t21-/m0/s1. The van der Waals surface area contributed by atoms with Gasteiger partial charge in [-0.25, -0.2) is 4.79 Å². The minimum absolute atomic E-state index is 0.0251. The number of likely N-dealkylation sites (tertiary alicyclic amines) is 1. The molecule has 0 aromatic heterocycles. The summed E-state index contributed by atoms with van der Waals surface area (Å²) in [5, 5.41) is 0.645. The number of nitrogens with zero attached hydrogens (tertiary/aromatic N) is 1. The van der Waals surface area contributed by atoms with E-state index < -0.39 is 11.0 Å². The highest BCUT2D eigenvalue weighted by Crippen LogP contribution is 2.44. The number of esters is 1. The Balaban J connectivity index is 1.60. The fourth-order valence-corrected chi connectivity index (χ4v) is 4.12. The van der Waals surface area contributed by atoms with Crippen molar-refractivity contribution in [3.05, 3.63) is 70.2 Å². The van der Waals surface area contributed by atoms with E-state index in [4.69, 9.17) is 16.3 Å². The zero-order valence-electron chi connectivity index (χ0n) is 14.8. The first kappa shape index (κ1) is 17.1. The van der Waals surface area contributed by atoms with Gasteiger partial charge in [0.2, 0.25) is 5.91 Å². The number of amides is 1. The number of ether oxygens (including phenoxy) is 1. The molecule has 26 heavy (non-hydrogen) atoms. The molecule has 0 radical (unpaired) electrons. The molecule has 4 rings (SSSR count). The molecule has 0 bridgehead atoms. The highest BCUT2D eigenvalue weighted by molar-refractivity contribution is 6.30. The van der Waals surface area contributed by atoms with Gasteiger partial charge in [-0.2, -0.15) is 0 Å². The van der Waals surface area contributed by atoms with Crippen LogP contribution in [0.5, 0.6) is 0 Å². The van der Waals surface area contributed by atoms with E-state index in [2.05, 4.69) is 0 Å². The van der Waals surface area contributed by atoms with Gasteiger partial charge in [0.1, 0.15) is 0 Å². The van der Waals surface area contributed by atoms with E-state index in [1.165, 1.54) is 0 Å². The number of benzene rings is 2. The van der Waals surface area contributed by atoms with E-state index in [1.807, 2.05) is 49.1 Å². The van der Waals surface area contributed by atoms with Crippen LogP contribution in [0.4, 0.5) is 0 Å². The first-order valence-corrected chi connectivity index (χ1v) is 9.10. The van der Waals surface area contributed by atoms with Crippen molar-refractivity contribution >= 4 is 23.5 Å². The summed E-state index contributed by atoms with van der Waals surface area (Å²) in [5.74, 6) is -0.274. The Bertz CT molecular complexity index is 890. The van der Waals surface area contributed by atoms with Crippen LogP contribution in [0, 0.1) is 0 Å². The van der Waals surface area contributed by atoms with E-state index >= 15 is 0 Å². The van der Waals surface area contributed by atoms with Crippen LogP contribution in [-0.2, 0) is 20.5 Å². The molecule has 1 saturated heterocycles. The molecule has 1 amide bonds. The van der Waals surface area contributed by atoms with Gasteiger partial charge in [-0.15, -0.1) is 0 Å². The van der Waals surface area contributed by atoms with Gasteiger partial charge in [-0.1, -0.05) is 41.9 Å². The van der Waals surface area contributed by atoms with Crippen molar-refractivity contribution in [2.24, 2.45) is 0 Å². The third-order valence-corrected chi connectivity index (χ3v) is 5.80. The molecule has 5 heteroatoms. The molecule has 2 aromatic rings. The van der Waals surface area contributed by atoms with Crippen LogP contribution < -0.4 is 0 Å². The van der Waals surface area contributed by atoms with Gasteiger partial charge in [-0.05, 0) is 37.6 Å². The first-order chi connectivity index (χ1) is 12.3. The van der Waals surface area contributed by atoms with Crippen molar-refractivity contribution in [1.82, 2.24) is 4.90 Å². The summed E-state index contributed by atoms with van der Waals surface area (Å²) in [5.41, 5.74) is 1.03. The topological polar surface area (TPSA) is 46.6 Å². The Hall–Kier alpha value is -2.33. The van der Waals surface area contributed by atoms with Crippen LogP contribution in [0.25, 0.3) is 0 Å². The molecule has 0 aliphatic carbocycles. The Labute approximate surface area is 157 Å². The second kappa shape index (κ2) is 5.85. The Morgan fingerprint density at radius 3 is 2.58 bits per heavy atom. The molecule has 1 fully saturated rings. The summed E-state index contributed by atoms with van der Waals surface area (Å²) in [6, 6.07) is 14.8. The maximum Gasteiger partial charge on any atom is 0.339 e.